The Bertz CT molecular complexity index is 843. The Labute approximate surface area is 148 Å². The highest BCUT2D eigenvalue weighted by Crippen LogP contribution is 2.24. The van der Waals surface area contributed by atoms with Crippen LogP contribution in [0.4, 0.5) is 11.4 Å². The quantitative estimate of drug-likeness (QED) is 0.910. The monoisotopic (exact) mass is 358 g/mol. The van der Waals surface area contributed by atoms with E-state index in [1.54, 1.807) is 24.3 Å². The molecule has 0 bridgehead atoms. The van der Waals surface area contributed by atoms with Gasteiger partial charge in [0.15, 0.2) is 0 Å². The number of sulfonamides is 1. The molecule has 1 fully saturated rings. The van der Waals surface area contributed by atoms with Crippen LogP contribution in [0.1, 0.15) is 35.7 Å². The standard InChI is InChI=1S/C19H22N2O3S/c1-2-15-5-9-17(10-6-15)20-19(22)16-7-11-18(12-8-16)21-13-3-4-14-25(21,23)24/h5-12H,2-4,13-14H2,1H3,(H,20,22). The Hall–Kier alpha value is -2.34. The van der Waals surface area contributed by atoms with E-state index in [1.165, 1.54) is 9.87 Å². The van der Waals surface area contributed by atoms with Crippen molar-refractivity contribution in [3.8, 4) is 0 Å². The van der Waals surface area contributed by atoms with Gasteiger partial charge in [0.05, 0.1) is 11.4 Å². The molecule has 2 aromatic rings. The van der Waals surface area contributed by atoms with Crippen molar-refractivity contribution in [2.75, 3.05) is 21.9 Å². The van der Waals surface area contributed by atoms with Crippen LogP contribution in [0.25, 0.3) is 0 Å². The number of hydrogen-bond donors (Lipinski definition) is 1. The van der Waals surface area contributed by atoms with Gasteiger partial charge < -0.3 is 5.32 Å². The number of benzene rings is 2. The van der Waals surface area contributed by atoms with Gasteiger partial charge in [0, 0.05) is 17.8 Å². The first-order valence-electron chi connectivity index (χ1n) is 8.50. The van der Waals surface area contributed by atoms with E-state index in [4.69, 9.17) is 0 Å². The van der Waals surface area contributed by atoms with Crippen LogP contribution in [0.2, 0.25) is 0 Å². The number of carbonyl (C=O) groups excluding carboxylic acids is 1. The van der Waals surface area contributed by atoms with Crippen LogP contribution >= 0.6 is 0 Å². The normalized spacial score (nSPS) is 16.4. The second-order valence-electron chi connectivity index (χ2n) is 6.15. The molecule has 25 heavy (non-hydrogen) atoms. The summed E-state index contributed by atoms with van der Waals surface area (Å²) in [5.41, 5.74) is 3.07. The van der Waals surface area contributed by atoms with Crippen molar-refractivity contribution in [1.82, 2.24) is 0 Å². The molecule has 3 rings (SSSR count). The van der Waals surface area contributed by atoms with E-state index >= 15 is 0 Å². The minimum absolute atomic E-state index is 0.184. The molecule has 0 spiro atoms. The van der Waals surface area contributed by atoms with Gasteiger partial charge in [-0.2, -0.15) is 0 Å². The van der Waals surface area contributed by atoms with E-state index < -0.39 is 10.0 Å². The first-order chi connectivity index (χ1) is 12.0. The summed E-state index contributed by atoms with van der Waals surface area (Å²) in [5, 5.41) is 2.85. The lowest BCUT2D eigenvalue weighted by Gasteiger charge is -2.28. The van der Waals surface area contributed by atoms with Crippen LogP contribution in [0.3, 0.4) is 0 Å². The lowest BCUT2D eigenvalue weighted by Crippen LogP contribution is -2.37. The second kappa shape index (κ2) is 7.27. The molecular formula is C19H22N2O3S. The summed E-state index contributed by atoms with van der Waals surface area (Å²) in [7, 11) is -3.23. The summed E-state index contributed by atoms with van der Waals surface area (Å²) in [6.07, 6.45) is 2.51. The fourth-order valence-corrected chi connectivity index (χ4v) is 4.52. The average molecular weight is 358 g/mol. The molecular weight excluding hydrogens is 336 g/mol. The minimum atomic E-state index is -3.23. The molecule has 1 heterocycles. The Morgan fingerprint density at radius 2 is 1.72 bits per heavy atom. The predicted molar refractivity (Wildman–Crippen MR) is 101 cm³/mol. The van der Waals surface area contributed by atoms with Gasteiger partial charge in [-0.3, -0.25) is 9.10 Å². The maximum Gasteiger partial charge on any atom is 0.255 e. The number of anilines is 2. The van der Waals surface area contributed by atoms with Crippen molar-refractivity contribution in [3.63, 3.8) is 0 Å². The molecule has 132 valence electrons. The van der Waals surface area contributed by atoms with Gasteiger partial charge in [0.1, 0.15) is 0 Å². The van der Waals surface area contributed by atoms with Gasteiger partial charge in [0.2, 0.25) is 10.0 Å². The van der Waals surface area contributed by atoms with Crippen molar-refractivity contribution < 1.29 is 13.2 Å². The number of rotatable bonds is 4. The van der Waals surface area contributed by atoms with E-state index in [1.807, 2.05) is 24.3 Å². The number of nitrogens with one attached hydrogen (secondary N) is 1. The van der Waals surface area contributed by atoms with E-state index in [2.05, 4.69) is 12.2 Å². The first kappa shape index (κ1) is 17.5. The molecule has 1 saturated heterocycles. The zero-order chi connectivity index (χ0) is 17.9. The first-order valence-corrected chi connectivity index (χ1v) is 10.1. The van der Waals surface area contributed by atoms with Crippen molar-refractivity contribution >= 4 is 27.3 Å². The number of nitrogens with zero attached hydrogens (tertiary/aromatic N) is 1. The lowest BCUT2D eigenvalue weighted by atomic mass is 10.1. The SMILES string of the molecule is CCc1ccc(NC(=O)c2ccc(N3CCCCS3(=O)=O)cc2)cc1. The summed E-state index contributed by atoms with van der Waals surface area (Å²) in [6.45, 7) is 2.58. The van der Waals surface area contributed by atoms with Crippen molar-refractivity contribution in [2.24, 2.45) is 0 Å². The molecule has 2 aromatic carbocycles. The molecule has 0 unspecified atom stereocenters. The summed E-state index contributed by atoms with van der Waals surface area (Å²) in [4.78, 5) is 12.3. The van der Waals surface area contributed by atoms with E-state index in [-0.39, 0.29) is 11.7 Å². The number of aryl methyl sites for hydroxylation is 1. The molecule has 6 heteroatoms. The number of hydrogen-bond acceptors (Lipinski definition) is 3. The zero-order valence-corrected chi connectivity index (χ0v) is 15.1. The van der Waals surface area contributed by atoms with Gasteiger partial charge in [0.25, 0.3) is 5.91 Å². The zero-order valence-electron chi connectivity index (χ0n) is 14.2. The summed E-state index contributed by atoms with van der Waals surface area (Å²) in [5.74, 6) is -0.0273. The highest BCUT2D eigenvalue weighted by atomic mass is 32.2. The Morgan fingerprint density at radius 3 is 2.32 bits per heavy atom. The van der Waals surface area contributed by atoms with Gasteiger partial charge in [-0.1, -0.05) is 19.1 Å². The highest BCUT2D eigenvalue weighted by Gasteiger charge is 2.25. The van der Waals surface area contributed by atoms with E-state index in [0.29, 0.717) is 24.2 Å². The Kier molecular flexibility index (Phi) is 5.08. The second-order valence-corrected chi connectivity index (χ2v) is 8.16. The minimum Gasteiger partial charge on any atom is -0.322 e. The summed E-state index contributed by atoms with van der Waals surface area (Å²) < 4.78 is 25.7. The predicted octanol–water partition coefficient (Wildman–Crippen LogP) is 3.43. The van der Waals surface area contributed by atoms with Crippen molar-refractivity contribution in [2.45, 2.75) is 26.2 Å². The molecule has 1 N–H and O–H groups in total. The van der Waals surface area contributed by atoms with Crippen LogP contribution in [0.5, 0.6) is 0 Å². The smallest absolute Gasteiger partial charge is 0.255 e. The molecule has 0 saturated carbocycles. The molecule has 0 radical (unpaired) electrons. The third-order valence-corrected chi connectivity index (χ3v) is 6.26. The van der Waals surface area contributed by atoms with E-state index in [9.17, 15) is 13.2 Å². The fraction of sp³-hybridized carbons (Fsp3) is 0.316. The Balaban J connectivity index is 1.71. The largest absolute Gasteiger partial charge is 0.322 e. The summed E-state index contributed by atoms with van der Waals surface area (Å²) >= 11 is 0. The Morgan fingerprint density at radius 1 is 1.04 bits per heavy atom. The maximum absolute atomic E-state index is 12.3. The lowest BCUT2D eigenvalue weighted by molar-refractivity contribution is 0.102. The van der Waals surface area contributed by atoms with Crippen LogP contribution in [0, 0.1) is 0 Å². The van der Waals surface area contributed by atoms with Gasteiger partial charge in [-0.05, 0) is 61.2 Å². The number of amides is 1. The molecule has 1 amide bonds. The van der Waals surface area contributed by atoms with Crippen molar-refractivity contribution in [3.05, 3.63) is 59.7 Å². The van der Waals surface area contributed by atoms with Crippen LogP contribution in [0.15, 0.2) is 48.5 Å². The summed E-state index contributed by atoms with van der Waals surface area (Å²) in [6, 6.07) is 14.4. The van der Waals surface area contributed by atoms with Crippen LogP contribution in [-0.4, -0.2) is 26.6 Å². The molecule has 5 nitrogen and oxygen atoms in total. The van der Waals surface area contributed by atoms with E-state index in [0.717, 1.165) is 18.5 Å². The molecule has 1 aliphatic rings. The van der Waals surface area contributed by atoms with Crippen molar-refractivity contribution in [1.29, 1.82) is 0 Å². The van der Waals surface area contributed by atoms with Gasteiger partial charge in [-0.15, -0.1) is 0 Å². The van der Waals surface area contributed by atoms with Crippen LogP contribution < -0.4 is 9.62 Å². The van der Waals surface area contributed by atoms with Crippen LogP contribution in [-0.2, 0) is 16.4 Å². The maximum atomic E-state index is 12.3. The molecule has 0 aromatic heterocycles. The third-order valence-electron chi connectivity index (χ3n) is 4.39. The van der Waals surface area contributed by atoms with Gasteiger partial charge in [-0.25, -0.2) is 8.42 Å². The molecule has 0 atom stereocenters. The highest BCUT2D eigenvalue weighted by molar-refractivity contribution is 7.92. The molecule has 0 aliphatic carbocycles. The average Bonchev–Trinajstić information content (AvgIpc) is 2.62. The topological polar surface area (TPSA) is 66.5 Å². The fourth-order valence-electron chi connectivity index (χ4n) is 2.88. The molecule has 1 aliphatic heterocycles. The van der Waals surface area contributed by atoms with Gasteiger partial charge >= 0.3 is 0 Å². The number of carbonyl (C=O) groups is 1. The third kappa shape index (κ3) is 4.02.